The van der Waals surface area contributed by atoms with Crippen LogP contribution < -0.4 is 0 Å². The molecule has 0 spiro atoms. The van der Waals surface area contributed by atoms with E-state index in [0.29, 0.717) is 0 Å². The number of aldehydes is 1. The lowest BCUT2D eigenvalue weighted by atomic mass is 10.1. The Morgan fingerprint density at radius 1 is 1.33 bits per heavy atom. The lowest BCUT2D eigenvalue weighted by Gasteiger charge is -1.98. The third-order valence-corrected chi connectivity index (χ3v) is 2.17. The minimum absolute atomic E-state index is 0.766. The summed E-state index contributed by atoms with van der Waals surface area (Å²) in [5, 5.41) is 1.12. The van der Waals surface area contributed by atoms with E-state index in [1.807, 2.05) is 31.3 Å². The molecule has 0 aliphatic carbocycles. The predicted octanol–water partition coefficient (Wildman–Crippen LogP) is 2.29. The van der Waals surface area contributed by atoms with Crippen LogP contribution >= 0.6 is 0 Å². The zero-order chi connectivity index (χ0) is 8.55. The first-order valence-corrected chi connectivity index (χ1v) is 3.85. The van der Waals surface area contributed by atoms with Gasteiger partial charge in [0.25, 0.3) is 0 Å². The summed E-state index contributed by atoms with van der Waals surface area (Å²) in [5.41, 5.74) is 2.89. The molecule has 1 aromatic carbocycles. The van der Waals surface area contributed by atoms with Gasteiger partial charge in [0.15, 0.2) is 0 Å². The Morgan fingerprint density at radius 3 is 2.92 bits per heavy atom. The van der Waals surface area contributed by atoms with E-state index in [-0.39, 0.29) is 0 Å². The molecule has 2 rings (SSSR count). The first-order valence-electron chi connectivity index (χ1n) is 3.85. The lowest BCUT2D eigenvalue weighted by molar-refractivity contribution is 0.112. The number of hydrogen-bond donors (Lipinski definition) is 1. The highest BCUT2D eigenvalue weighted by Gasteiger charge is 2.01. The van der Waals surface area contributed by atoms with Gasteiger partial charge in [-0.25, -0.2) is 0 Å². The number of carbonyl (C=O) groups is 1. The number of aromatic amines is 1. The van der Waals surface area contributed by atoms with Gasteiger partial charge in [0.05, 0.1) is 0 Å². The first kappa shape index (κ1) is 7.10. The SMILES string of the molecule is Cc1c(C=O)ccc2[nH]ccc12. The van der Waals surface area contributed by atoms with Gasteiger partial charge in [-0.05, 0) is 30.7 Å². The second-order valence-electron chi connectivity index (χ2n) is 2.84. The van der Waals surface area contributed by atoms with Crippen LogP contribution in [-0.4, -0.2) is 11.3 Å². The van der Waals surface area contributed by atoms with Gasteiger partial charge in [-0.15, -0.1) is 0 Å². The van der Waals surface area contributed by atoms with Gasteiger partial charge in [0.1, 0.15) is 6.29 Å². The van der Waals surface area contributed by atoms with Gasteiger partial charge < -0.3 is 4.98 Å². The Morgan fingerprint density at radius 2 is 2.17 bits per heavy atom. The maximum absolute atomic E-state index is 10.6. The number of hydrogen-bond acceptors (Lipinski definition) is 1. The minimum atomic E-state index is 0.766. The highest BCUT2D eigenvalue weighted by Crippen LogP contribution is 2.19. The molecule has 0 aliphatic heterocycles. The summed E-state index contributed by atoms with van der Waals surface area (Å²) in [5.74, 6) is 0. The topological polar surface area (TPSA) is 32.9 Å². The molecule has 0 radical (unpaired) electrons. The fourth-order valence-electron chi connectivity index (χ4n) is 1.43. The Hall–Kier alpha value is -1.57. The molecule has 0 atom stereocenters. The average molecular weight is 159 g/mol. The molecular weight excluding hydrogens is 150 g/mol. The van der Waals surface area contributed by atoms with E-state index in [9.17, 15) is 4.79 Å². The summed E-state index contributed by atoms with van der Waals surface area (Å²) >= 11 is 0. The summed E-state index contributed by atoms with van der Waals surface area (Å²) in [4.78, 5) is 13.7. The third kappa shape index (κ3) is 0.848. The molecule has 1 heterocycles. The van der Waals surface area contributed by atoms with Gasteiger partial charge in [-0.3, -0.25) is 4.79 Å². The molecular formula is C10H9NO. The quantitative estimate of drug-likeness (QED) is 0.636. The largest absolute Gasteiger partial charge is 0.361 e. The molecule has 1 N–H and O–H groups in total. The van der Waals surface area contributed by atoms with Gasteiger partial charge in [0, 0.05) is 22.7 Å². The van der Waals surface area contributed by atoms with Gasteiger partial charge >= 0.3 is 0 Å². The normalized spacial score (nSPS) is 10.4. The maximum atomic E-state index is 10.6. The second kappa shape index (κ2) is 2.48. The van der Waals surface area contributed by atoms with Crippen LogP contribution in [0.5, 0.6) is 0 Å². The highest BCUT2D eigenvalue weighted by atomic mass is 16.1. The van der Waals surface area contributed by atoms with E-state index in [1.54, 1.807) is 0 Å². The monoisotopic (exact) mass is 159 g/mol. The van der Waals surface area contributed by atoms with Gasteiger partial charge in [-0.1, -0.05) is 0 Å². The van der Waals surface area contributed by atoms with Gasteiger partial charge in [0.2, 0.25) is 0 Å². The average Bonchev–Trinajstić information content (AvgIpc) is 2.53. The fraction of sp³-hybridized carbons (Fsp3) is 0.100. The van der Waals surface area contributed by atoms with E-state index in [2.05, 4.69) is 4.98 Å². The van der Waals surface area contributed by atoms with Crippen molar-refractivity contribution in [2.24, 2.45) is 0 Å². The van der Waals surface area contributed by atoms with Crippen LogP contribution in [0.25, 0.3) is 10.9 Å². The minimum Gasteiger partial charge on any atom is -0.361 e. The summed E-state index contributed by atoms with van der Waals surface area (Å²) in [6.45, 7) is 1.96. The number of aryl methyl sites for hydroxylation is 1. The van der Waals surface area contributed by atoms with Crippen molar-refractivity contribution in [2.45, 2.75) is 6.92 Å². The van der Waals surface area contributed by atoms with Crippen molar-refractivity contribution in [3.05, 3.63) is 35.5 Å². The molecule has 12 heavy (non-hydrogen) atoms. The molecule has 0 fully saturated rings. The predicted molar refractivity (Wildman–Crippen MR) is 48.4 cm³/mol. The molecule has 0 saturated heterocycles. The van der Waals surface area contributed by atoms with Crippen LogP contribution in [0.4, 0.5) is 0 Å². The van der Waals surface area contributed by atoms with Crippen molar-refractivity contribution in [3.8, 4) is 0 Å². The van der Waals surface area contributed by atoms with Gasteiger partial charge in [-0.2, -0.15) is 0 Å². The van der Waals surface area contributed by atoms with Crippen molar-refractivity contribution in [1.82, 2.24) is 4.98 Å². The molecule has 2 aromatic rings. The molecule has 0 unspecified atom stereocenters. The van der Waals surface area contributed by atoms with Crippen LogP contribution in [0, 0.1) is 6.92 Å². The molecule has 0 aliphatic rings. The van der Waals surface area contributed by atoms with Crippen LogP contribution in [0.3, 0.4) is 0 Å². The van der Waals surface area contributed by atoms with Crippen molar-refractivity contribution < 1.29 is 4.79 Å². The molecule has 0 saturated carbocycles. The molecule has 0 bridgehead atoms. The molecule has 2 heteroatoms. The van der Waals surface area contributed by atoms with Crippen molar-refractivity contribution in [1.29, 1.82) is 0 Å². The van der Waals surface area contributed by atoms with E-state index >= 15 is 0 Å². The molecule has 0 amide bonds. The smallest absolute Gasteiger partial charge is 0.150 e. The van der Waals surface area contributed by atoms with Crippen molar-refractivity contribution in [2.75, 3.05) is 0 Å². The second-order valence-corrected chi connectivity index (χ2v) is 2.84. The fourth-order valence-corrected chi connectivity index (χ4v) is 1.43. The Kier molecular flexibility index (Phi) is 1.47. The summed E-state index contributed by atoms with van der Waals surface area (Å²) < 4.78 is 0. The number of aromatic nitrogens is 1. The summed E-state index contributed by atoms with van der Waals surface area (Å²) in [6.07, 6.45) is 2.77. The standard InChI is InChI=1S/C10H9NO/c1-7-8(6-12)2-3-10-9(7)4-5-11-10/h2-6,11H,1H3. The zero-order valence-corrected chi connectivity index (χ0v) is 6.79. The van der Waals surface area contributed by atoms with Crippen LogP contribution in [0.1, 0.15) is 15.9 Å². The molecule has 2 nitrogen and oxygen atoms in total. The van der Waals surface area contributed by atoms with E-state index in [4.69, 9.17) is 0 Å². The molecule has 1 aromatic heterocycles. The summed E-state index contributed by atoms with van der Waals surface area (Å²) in [6, 6.07) is 5.74. The number of carbonyl (C=O) groups excluding carboxylic acids is 1. The van der Waals surface area contributed by atoms with Crippen LogP contribution in [-0.2, 0) is 0 Å². The third-order valence-electron chi connectivity index (χ3n) is 2.17. The van der Waals surface area contributed by atoms with Crippen LogP contribution in [0.2, 0.25) is 0 Å². The maximum Gasteiger partial charge on any atom is 0.150 e. The number of benzene rings is 1. The van der Waals surface area contributed by atoms with Crippen molar-refractivity contribution >= 4 is 17.2 Å². The Balaban J connectivity index is 2.86. The number of H-pyrrole nitrogens is 1. The van der Waals surface area contributed by atoms with Crippen LogP contribution in [0.15, 0.2) is 24.4 Å². The highest BCUT2D eigenvalue weighted by molar-refractivity contribution is 5.91. The lowest BCUT2D eigenvalue weighted by Crippen LogP contribution is -1.85. The van der Waals surface area contributed by atoms with E-state index < -0.39 is 0 Å². The number of rotatable bonds is 1. The Labute approximate surface area is 70.2 Å². The van der Waals surface area contributed by atoms with E-state index in [1.165, 1.54) is 0 Å². The summed E-state index contributed by atoms with van der Waals surface area (Å²) in [7, 11) is 0. The first-order chi connectivity index (χ1) is 5.83. The number of nitrogens with one attached hydrogen (secondary N) is 1. The molecule has 60 valence electrons. The van der Waals surface area contributed by atoms with E-state index in [0.717, 1.165) is 28.3 Å². The number of fused-ring (bicyclic) bond motifs is 1. The van der Waals surface area contributed by atoms with Crippen molar-refractivity contribution in [3.63, 3.8) is 0 Å². The Bertz CT molecular complexity index is 428. The zero-order valence-electron chi connectivity index (χ0n) is 6.79.